The van der Waals surface area contributed by atoms with E-state index >= 15 is 0 Å². The molecule has 0 spiro atoms. The number of hydrogen-bond acceptors (Lipinski definition) is 5. The third kappa shape index (κ3) is 4.49. The lowest BCUT2D eigenvalue weighted by molar-refractivity contribution is 0.0599. The summed E-state index contributed by atoms with van der Waals surface area (Å²) in [4.78, 5) is 12.0. The fraction of sp³-hybridized carbons (Fsp3) is 0.316. The Balaban J connectivity index is 2.34. The Morgan fingerprint density at radius 1 is 1.08 bits per heavy atom. The first-order valence-electron chi connectivity index (χ1n) is 8.34. The highest BCUT2D eigenvalue weighted by molar-refractivity contribution is 7.89. The van der Waals surface area contributed by atoms with Crippen molar-refractivity contribution in [3.8, 4) is 0 Å². The zero-order valence-electron chi connectivity index (χ0n) is 15.0. The summed E-state index contributed by atoms with van der Waals surface area (Å²) >= 11 is 0. The number of methoxy groups -OCH3 is 1. The van der Waals surface area contributed by atoms with Gasteiger partial charge < -0.3 is 10.5 Å². The number of nitrogens with zero attached hydrogens (tertiary/aromatic N) is 1. The normalized spacial score (nSPS) is 11.5. The van der Waals surface area contributed by atoms with Crippen molar-refractivity contribution in [3.05, 3.63) is 65.2 Å². The van der Waals surface area contributed by atoms with E-state index in [4.69, 9.17) is 10.5 Å². The molecule has 0 fully saturated rings. The molecule has 26 heavy (non-hydrogen) atoms. The van der Waals surface area contributed by atoms with Crippen LogP contribution in [0.4, 0.5) is 0 Å². The van der Waals surface area contributed by atoms with Crippen molar-refractivity contribution < 1.29 is 17.9 Å². The molecule has 0 saturated heterocycles. The van der Waals surface area contributed by atoms with Gasteiger partial charge in [-0.15, -0.1) is 0 Å². The van der Waals surface area contributed by atoms with Gasteiger partial charge >= 0.3 is 5.97 Å². The molecule has 0 radical (unpaired) electrons. The number of esters is 1. The zero-order chi connectivity index (χ0) is 19.2. The van der Waals surface area contributed by atoms with Gasteiger partial charge in [0.1, 0.15) is 0 Å². The lowest BCUT2D eigenvalue weighted by atomic mass is 10.1. The average molecular weight is 376 g/mol. The molecule has 0 heterocycles. The fourth-order valence-electron chi connectivity index (χ4n) is 2.76. The highest BCUT2D eigenvalue weighted by atomic mass is 32.2. The Morgan fingerprint density at radius 3 is 2.38 bits per heavy atom. The largest absolute Gasteiger partial charge is 0.465 e. The Labute approximate surface area is 154 Å². The molecule has 0 aliphatic carbocycles. The van der Waals surface area contributed by atoms with Gasteiger partial charge in [-0.05, 0) is 36.6 Å². The highest BCUT2D eigenvalue weighted by Gasteiger charge is 2.27. The standard InChI is InChI=1S/C19H24N2O4S/c1-15-17(19(22)25-2)9-6-10-18(15)26(23,24)21(14-12-20)13-11-16-7-4-3-5-8-16/h3-10H,11-14,20H2,1-2H3. The van der Waals surface area contributed by atoms with E-state index in [0.717, 1.165) is 5.56 Å². The van der Waals surface area contributed by atoms with Crippen LogP contribution in [0.2, 0.25) is 0 Å². The summed E-state index contributed by atoms with van der Waals surface area (Å²) in [7, 11) is -2.52. The molecule has 140 valence electrons. The lowest BCUT2D eigenvalue weighted by Crippen LogP contribution is -2.37. The minimum atomic E-state index is -3.78. The van der Waals surface area contributed by atoms with Crippen LogP contribution in [0.25, 0.3) is 0 Å². The van der Waals surface area contributed by atoms with Crippen molar-refractivity contribution in [1.29, 1.82) is 0 Å². The molecule has 6 nitrogen and oxygen atoms in total. The maximum Gasteiger partial charge on any atom is 0.338 e. The van der Waals surface area contributed by atoms with Crippen LogP contribution >= 0.6 is 0 Å². The Hall–Kier alpha value is -2.22. The van der Waals surface area contributed by atoms with E-state index in [1.165, 1.54) is 17.5 Å². The molecule has 0 unspecified atom stereocenters. The zero-order valence-corrected chi connectivity index (χ0v) is 15.8. The van der Waals surface area contributed by atoms with Gasteiger partial charge in [-0.25, -0.2) is 13.2 Å². The Bertz CT molecular complexity index is 851. The lowest BCUT2D eigenvalue weighted by Gasteiger charge is -2.23. The molecule has 0 aromatic heterocycles. The predicted octanol–water partition coefficient (Wildman–Crippen LogP) is 1.97. The minimum absolute atomic E-state index is 0.0990. The van der Waals surface area contributed by atoms with Crippen molar-refractivity contribution in [1.82, 2.24) is 4.31 Å². The van der Waals surface area contributed by atoms with Gasteiger partial charge in [-0.3, -0.25) is 0 Å². The quantitative estimate of drug-likeness (QED) is 0.712. The second-order valence-electron chi connectivity index (χ2n) is 5.85. The van der Waals surface area contributed by atoms with E-state index in [9.17, 15) is 13.2 Å². The molecule has 7 heteroatoms. The third-order valence-electron chi connectivity index (χ3n) is 4.18. The van der Waals surface area contributed by atoms with Crippen molar-refractivity contribution in [3.63, 3.8) is 0 Å². The first-order valence-corrected chi connectivity index (χ1v) is 9.78. The van der Waals surface area contributed by atoms with Crippen molar-refractivity contribution >= 4 is 16.0 Å². The maximum absolute atomic E-state index is 13.1. The van der Waals surface area contributed by atoms with Crippen LogP contribution < -0.4 is 5.73 Å². The molecular weight excluding hydrogens is 352 g/mol. The van der Waals surface area contributed by atoms with Crippen molar-refractivity contribution in [2.24, 2.45) is 5.73 Å². The molecule has 0 atom stereocenters. The van der Waals surface area contributed by atoms with Gasteiger partial charge in [0, 0.05) is 19.6 Å². The van der Waals surface area contributed by atoms with Crippen LogP contribution in [0.15, 0.2) is 53.4 Å². The third-order valence-corrected chi connectivity index (χ3v) is 6.22. The van der Waals surface area contributed by atoms with Crippen molar-refractivity contribution in [2.45, 2.75) is 18.2 Å². The van der Waals surface area contributed by atoms with E-state index in [1.54, 1.807) is 19.1 Å². The van der Waals surface area contributed by atoms with E-state index in [-0.39, 0.29) is 23.5 Å². The van der Waals surface area contributed by atoms with Crippen LogP contribution in [0.5, 0.6) is 0 Å². The maximum atomic E-state index is 13.1. The molecule has 0 aliphatic heterocycles. The number of ether oxygens (including phenoxy) is 1. The number of carbonyl (C=O) groups excluding carboxylic acids is 1. The van der Waals surface area contributed by atoms with Crippen molar-refractivity contribution in [2.75, 3.05) is 26.7 Å². The van der Waals surface area contributed by atoms with E-state index in [2.05, 4.69) is 0 Å². The summed E-state index contributed by atoms with van der Waals surface area (Å²) in [5.41, 5.74) is 7.29. The van der Waals surface area contributed by atoms with E-state index < -0.39 is 16.0 Å². The van der Waals surface area contributed by atoms with Gasteiger partial charge in [0.25, 0.3) is 0 Å². The summed E-state index contributed by atoms with van der Waals surface area (Å²) in [6, 6.07) is 14.3. The van der Waals surface area contributed by atoms with E-state index in [0.29, 0.717) is 18.5 Å². The summed E-state index contributed by atoms with van der Waals surface area (Å²) < 4.78 is 32.4. The summed E-state index contributed by atoms with van der Waals surface area (Å²) in [6.07, 6.45) is 0.579. The molecule has 0 saturated carbocycles. The van der Waals surface area contributed by atoms with Gasteiger partial charge in [-0.2, -0.15) is 4.31 Å². The van der Waals surface area contributed by atoms with Crippen LogP contribution in [-0.4, -0.2) is 45.4 Å². The van der Waals surface area contributed by atoms with Crippen LogP contribution in [0.3, 0.4) is 0 Å². The molecular formula is C19H24N2O4S. The summed E-state index contributed by atoms with van der Waals surface area (Å²) in [6.45, 7) is 2.34. The molecule has 2 aromatic rings. The predicted molar refractivity (Wildman–Crippen MR) is 100 cm³/mol. The monoisotopic (exact) mass is 376 g/mol. The number of benzene rings is 2. The smallest absolute Gasteiger partial charge is 0.338 e. The first-order chi connectivity index (χ1) is 12.4. The number of nitrogens with two attached hydrogens (primary N) is 1. The molecule has 2 rings (SSSR count). The molecule has 0 aliphatic rings. The molecule has 2 aromatic carbocycles. The first kappa shape index (κ1) is 20.1. The molecule has 0 bridgehead atoms. The van der Waals surface area contributed by atoms with Crippen LogP contribution in [-0.2, 0) is 21.2 Å². The number of hydrogen-bond donors (Lipinski definition) is 1. The summed E-state index contributed by atoms with van der Waals surface area (Å²) in [5.74, 6) is -0.561. The summed E-state index contributed by atoms with van der Waals surface area (Å²) in [5, 5.41) is 0. The topological polar surface area (TPSA) is 89.7 Å². The van der Waals surface area contributed by atoms with E-state index in [1.807, 2.05) is 30.3 Å². The fourth-order valence-corrected chi connectivity index (χ4v) is 4.46. The van der Waals surface area contributed by atoms with Gasteiger partial charge in [-0.1, -0.05) is 36.4 Å². The SMILES string of the molecule is COC(=O)c1cccc(S(=O)(=O)N(CCN)CCc2ccccc2)c1C. The molecule has 0 amide bonds. The van der Waals surface area contributed by atoms with Crippen LogP contribution in [0, 0.1) is 6.92 Å². The number of rotatable bonds is 8. The number of carbonyl (C=O) groups is 1. The Kier molecular flexibility index (Phi) is 6.90. The second kappa shape index (κ2) is 8.93. The van der Waals surface area contributed by atoms with Gasteiger partial charge in [0.2, 0.25) is 10.0 Å². The number of sulfonamides is 1. The van der Waals surface area contributed by atoms with Gasteiger partial charge in [0.15, 0.2) is 0 Å². The Morgan fingerprint density at radius 2 is 1.77 bits per heavy atom. The van der Waals surface area contributed by atoms with Crippen LogP contribution in [0.1, 0.15) is 21.5 Å². The second-order valence-corrected chi connectivity index (χ2v) is 7.76. The highest BCUT2D eigenvalue weighted by Crippen LogP contribution is 2.23. The van der Waals surface area contributed by atoms with Gasteiger partial charge in [0.05, 0.1) is 17.6 Å². The molecule has 2 N–H and O–H groups in total. The minimum Gasteiger partial charge on any atom is -0.465 e. The average Bonchev–Trinajstić information content (AvgIpc) is 2.65.